The molecular weight excluding hydrogens is 383 g/mol. The number of hydrogen-bond donors (Lipinski definition) is 3. The lowest BCUT2D eigenvalue weighted by Gasteiger charge is -2.35. The van der Waals surface area contributed by atoms with Crippen LogP contribution in [0.25, 0.3) is 0 Å². The molecule has 6 nitrogen and oxygen atoms in total. The van der Waals surface area contributed by atoms with Crippen LogP contribution in [0.1, 0.15) is 35.2 Å². The lowest BCUT2D eigenvalue weighted by molar-refractivity contribution is 0.0949. The van der Waals surface area contributed by atoms with Gasteiger partial charge in [0.2, 0.25) is 0 Å². The second kappa shape index (κ2) is 11.3. The van der Waals surface area contributed by atoms with Crippen molar-refractivity contribution in [3.05, 3.63) is 71.5 Å². The summed E-state index contributed by atoms with van der Waals surface area (Å²) in [7, 11) is 0. The second-order valence-electron chi connectivity index (χ2n) is 7.48. The van der Waals surface area contributed by atoms with Crippen LogP contribution in [-0.4, -0.2) is 49.1 Å². The Morgan fingerprint density at radius 3 is 2.47 bits per heavy atom. The molecule has 1 atom stereocenters. The average molecular weight is 413 g/mol. The number of rotatable bonds is 8. The summed E-state index contributed by atoms with van der Waals surface area (Å²) in [5, 5.41) is 8.27. The highest BCUT2D eigenvalue weighted by atomic mass is 19.1. The molecule has 0 spiro atoms. The molecular formula is C23H29FN4O2. The first-order valence-electron chi connectivity index (χ1n) is 10.5. The molecule has 2 aromatic rings. The minimum atomic E-state index is -0.562. The molecule has 160 valence electrons. The number of piperidine rings is 1. The number of nitrogens with zero attached hydrogens (tertiary/aromatic N) is 1. The van der Waals surface area contributed by atoms with Crippen molar-refractivity contribution in [2.75, 3.05) is 26.2 Å². The first-order valence-corrected chi connectivity index (χ1v) is 10.5. The van der Waals surface area contributed by atoms with Gasteiger partial charge in [0.15, 0.2) is 0 Å². The van der Waals surface area contributed by atoms with Gasteiger partial charge in [0, 0.05) is 32.2 Å². The smallest absolute Gasteiger partial charge is 0.314 e. The van der Waals surface area contributed by atoms with Crippen LogP contribution < -0.4 is 16.0 Å². The number of amides is 3. The first-order chi connectivity index (χ1) is 14.6. The van der Waals surface area contributed by atoms with Gasteiger partial charge < -0.3 is 16.0 Å². The van der Waals surface area contributed by atoms with E-state index in [1.807, 2.05) is 18.2 Å². The number of nitrogens with one attached hydrogen (secondary N) is 3. The molecule has 1 unspecified atom stereocenters. The van der Waals surface area contributed by atoms with E-state index in [9.17, 15) is 14.0 Å². The van der Waals surface area contributed by atoms with Gasteiger partial charge in [0.1, 0.15) is 5.82 Å². The van der Waals surface area contributed by atoms with E-state index in [4.69, 9.17) is 0 Å². The van der Waals surface area contributed by atoms with Gasteiger partial charge in [-0.05, 0) is 37.1 Å². The number of hydrogen-bond acceptors (Lipinski definition) is 3. The number of carbonyl (C=O) groups is 2. The normalized spacial score (nSPS) is 16.6. The zero-order valence-corrected chi connectivity index (χ0v) is 17.1. The largest absolute Gasteiger partial charge is 0.350 e. The molecule has 1 saturated heterocycles. The SMILES string of the molecule is O=C(NCCNC(=O)c1ccccc1F)NCC1CCCCN1Cc1ccccc1. The Morgan fingerprint density at radius 1 is 0.933 bits per heavy atom. The summed E-state index contributed by atoms with van der Waals surface area (Å²) in [5.74, 6) is -1.05. The van der Waals surface area contributed by atoms with Gasteiger partial charge in [-0.15, -0.1) is 0 Å². The molecule has 0 aromatic heterocycles. The van der Waals surface area contributed by atoms with Crippen molar-refractivity contribution in [1.82, 2.24) is 20.9 Å². The summed E-state index contributed by atoms with van der Waals surface area (Å²) >= 11 is 0. The topological polar surface area (TPSA) is 73.5 Å². The highest BCUT2D eigenvalue weighted by Gasteiger charge is 2.22. The van der Waals surface area contributed by atoms with Gasteiger partial charge in [-0.1, -0.05) is 48.9 Å². The zero-order chi connectivity index (χ0) is 21.2. The van der Waals surface area contributed by atoms with E-state index in [-0.39, 0.29) is 24.7 Å². The Labute approximate surface area is 176 Å². The van der Waals surface area contributed by atoms with Crippen LogP contribution in [0.15, 0.2) is 54.6 Å². The standard InChI is InChI=1S/C23H29FN4O2/c24-21-12-5-4-11-20(21)22(29)25-13-14-26-23(30)27-16-19-10-6-7-15-28(19)17-18-8-2-1-3-9-18/h1-5,8-9,11-12,19H,6-7,10,13-17H2,(H,25,29)(H2,26,27,30). The number of urea groups is 1. The second-order valence-corrected chi connectivity index (χ2v) is 7.48. The lowest BCUT2D eigenvalue weighted by Crippen LogP contribution is -2.49. The summed E-state index contributed by atoms with van der Waals surface area (Å²) in [6, 6.07) is 16.2. The molecule has 7 heteroatoms. The summed E-state index contributed by atoms with van der Waals surface area (Å²) < 4.78 is 13.6. The lowest BCUT2D eigenvalue weighted by atomic mass is 10.0. The molecule has 0 bridgehead atoms. The fourth-order valence-electron chi connectivity index (χ4n) is 3.68. The quantitative estimate of drug-likeness (QED) is 0.584. The monoisotopic (exact) mass is 412 g/mol. The molecule has 0 saturated carbocycles. The molecule has 0 aliphatic carbocycles. The Kier molecular flexibility index (Phi) is 8.20. The van der Waals surface area contributed by atoms with Crippen molar-refractivity contribution in [2.24, 2.45) is 0 Å². The number of carbonyl (C=O) groups excluding carboxylic acids is 2. The Bertz CT molecular complexity index is 831. The molecule has 1 aliphatic heterocycles. The van der Waals surface area contributed by atoms with Gasteiger partial charge in [0.05, 0.1) is 5.56 Å². The van der Waals surface area contributed by atoms with E-state index < -0.39 is 11.7 Å². The molecule has 1 fully saturated rings. The molecule has 3 amide bonds. The minimum absolute atomic E-state index is 0.00208. The van der Waals surface area contributed by atoms with E-state index in [2.05, 4.69) is 33.0 Å². The van der Waals surface area contributed by atoms with E-state index in [0.717, 1.165) is 19.5 Å². The fraction of sp³-hybridized carbons (Fsp3) is 0.391. The van der Waals surface area contributed by atoms with Crippen LogP contribution in [0.2, 0.25) is 0 Å². The zero-order valence-electron chi connectivity index (χ0n) is 17.1. The minimum Gasteiger partial charge on any atom is -0.350 e. The van der Waals surface area contributed by atoms with Crippen molar-refractivity contribution in [3.8, 4) is 0 Å². The van der Waals surface area contributed by atoms with E-state index >= 15 is 0 Å². The highest BCUT2D eigenvalue weighted by Crippen LogP contribution is 2.19. The Hall–Kier alpha value is -2.93. The predicted molar refractivity (Wildman–Crippen MR) is 115 cm³/mol. The van der Waals surface area contributed by atoms with E-state index in [0.29, 0.717) is 12.6 Å². The molecule has 3 rings (SSSR count). The summed E-state index contributed by atoms with van der Waals surface area (Å²) in [5.41, 5.74) is 1.28. The molecule has 0 radical (unpaired) electrons. The van der Waals surface area contributed by atoms with Crippen LogP contribution in [0.3, 0.4) is 0 Å². The third-order valence-electron chi connectivity index (χ3n) is 5.29. The summed E-state index contributed by atoms with van der Waals surface area (Å²) in [6.07, 6.45) is 3.41. The van der Waals surface area contributed by atoms with Crippen molar-refractivity contribution in [3.63, 3.8) is 0 Å². The number of likely N-dealkylation sites (tertiary alicyclic amines) is 1. The summed E-state index contributed by atoms with van der Waals surface area (Å²) in [4.78, 5) is 26.5. The van der Waals surface area contributed by atoms with Gasteiger partial charge in [-0.2, -0.15) is 0 Å². The van der Waals surface area contributed by atoms with Gasteiger partial charge in [0.25, 0.3) is 5.91 Å². The van der Waals surface area contributed by atoms with Crippen LogP contribution in [-0.2, 0) is 6.54 Å². The maximum absolute atomic E-state index is 13.6. The van der Waals surface area contributed by atoms with Crippen LogP contribution in [0.5, 0.6) is 0 Å². The molecule has 2 aromatic carbocycles. The highest BCUT2D eigenvalue weighted by molar-refractivity contribution is 5.94. The Balaban J connectivity index is 1.36. The van der Waals surface area contributed by atoms with Crippen molar-refractivity contribution >= 4 is 11.9 Å². The van der Waals surface area contributed by atoms with Crippen molar-refractivity contribution < 1.29 is 14.0 Å². The third kappa shape index (κ3) is 6.56. The Morgan fingerprint density at radius 2 is 1.67 bits per heavy atom. The average Bonchev–Trinajstić information content (AvgIpc) is 2.77. The third-order valence-corrected chi connectivity index (χ3v) is 5.29. The van der Waals surface area contributed by atoms with Crippen LogP contribution >= 0.6 is 0 Å². The van der Waals surface area contributed by atoms with Gasteiger partial charge in [-0.25, -0.2) is 9.18 Å². The van der Waals surface area contributed by atoms with Crippen molar-refractivity contribution in [2.45, 2.75) is 31.8 Å². The first kappa shape index (κ1) is 21.8. The van der Waals surface area contributed by atoms with E-state index in [1.165, 1.54) is 36.6 Å². The van der Waals surface area contributed by atoms with E-state index in [1.54, 1.807) is 6.07 Å². The number of benzene rings is 2. The molecule has 1 heterocycles. The molecule has 30 heavy (non-hydrogen) atoms. The summed E-state index contributed by atoms with van der Waals surface area (Å²) in [6.45, 7) is 3.00. The number of halogens is 1. The van der Waals surface area contributed by atoms with Gasteiger partial charge in [-0.3, -0.25) is 9.69 Å². The maximum atomic E-state index is 13.6. The molecule has 3 N–H and O–H groups in total. The van der Waals surface area contributed by atoms with Gasteiger partial charge >= 0.3 is 6.03 Å². The van der Waals surface area contributed by atoms with Crippen LogP contribution in [0.4, 0.5) is 9.18 Å². The van der Waals surface area contributed by atoms with Crippen LogP contribution in [0, 0.1) is 5.82 Å². The predicted octanol–water partition coefficient (Wildman–Crippen LogP) is 2.91. The maximum Gasteiger partial charge on any atom is 0.314 e. The fourth-order valence-corrected chi connectivity index (χ4v) is 3.68. The molecule has 1 aliphatic rings. The van der Waals surface area contributed by atoms with Crippen molar-refractivity contribution in [1.29, 1.82) is 0 Å².